The van der Waals surface area contributed by atoms with Crippen LogP contribution in [-0.2, 0) is 4.79 Å². The van der Waals surface area contributed by atoms with E-state index in [-0.39, 0.29) is 11.7 Å². The highest BCUT2D eigenvalue weighted by atomic mass is 35.5. The molecule has 1 fully saturated rings. The van der Waals surface area contributed by atoms with Crippen LogP contribution in [0.25, 0.3) is 11.3 Å². The van der Waals surface area contributed by atoms with Crippen LogP contribution in [0.4, 0.5) is 5.69 Å². The van der Waals surface area contributed by atoms with Gasteiger partial charge in [0.05, 0.1) is 5.02 Å². The number of rotatable bonds is 3. The van der Waals surface area contributed by atoms with E-state index in [1.54, 1.807) is 23.1 Å². The van der Waals surface area contributed by atoms with Gasteiger partial charge in [-0.1, -0.05) is 11.6 Å². The van der Waals surface area contributed by atoms with Gasteiger partial charge in [0.15, 0.2) is 12.0 Å². The second-order valence-corrected chi connectivity index (χ2v) is 5.04. The molecule has 102 valence electrons. The van der Waals surface area contributed by atoms with Crippen molar-refractivity contribution in [3.05, 3.63) is 41.1 Å². The number of carbonyl (C=O) groups excluding carboxylic acids is 2. The standard InChI is InChI=1S/C15H12ClNO3/c16-13-5-3-10(17-7-1-2-15(17)19)8-12(13)14-6-4-11(9-18)20-14/h3-6,8-9H,1-2,7H2. The number of anilines is 1. The predicted octanol–water partition coefficient (Wildman–Crippen LogP) is 3.54. The first kappa shape index (κ1) is 12.9. The predicted molar refractivity (Wildman–Crippen MR) is 76.1 cm³/mol. The van der Waals surface area contributed by atoms with E-state index in [0.717, 1.165) is 18.7 Å². The molecule has 0 radical (unpaired) electrons. The van der Waals surface area contributed by atoms with Crippen molar-refractivity contribution < 1.29 is 14.0 Å². The van der Waals surface area contributed by atoms with Crippen LogP contribution in [0.5, 0.6) is 0 Å². The third-order valence-electron chi connectivity index (χ3n) is 3.34. The molecule has 2 aromatic rings. The maximum atomic E-state index is 11.8. The number of nitrogens with zero attached hydrogens (tertiary/aromatic N) is 1. The largest absolute Gasteiger partial charge is 0.453 e. The Balaban J connectivity index is 2.02. The molecule has 3 rings (SSSR count). The number of amides is 1. The normalized spacial score (nSPS) is 14.8. The van der Waals surface area contributed by atoms with Gasteiger partial charge in [0.1, 0.15) is 5.76 Å². The fourth-order valence-electron chi connectivity index (χ4n) is 2.35. The van der Waals surface area contributed by atoms with Crippen molar-refractivity contribution in [2.24, 2.45) is 0 Å². The molecule has 1 aliphatic heterocycles. The molecule has 0 spiro atoms. The van der Waals surface area contributed by atoms with Gasteiger partial charge in [-0.25, -0.2) is 0 Å². The number of halogens is 1. The lowest BCUT2D eigenvalue weighted by Crippen LogP contribution is -2.23. The lowest BCUT2D eigenvalue weighted by molar-refractivity contribution is -0.117. The van der Waals surface area contributed by atoms with Crippen molar-refractivity contribution in [2.75, 3.05) is 11.4 Å². The monoisotopic (exact) mass is 289 g/mol. The van der Waals surface area contributed by atoms with Crippen molar-refractivity contribution in [1.29, 1.82) is 0 Å². The lowest BCUT2D eigenvalue weighted by Gasteiger charge is -2.16. The van der Waals surface area contributed by atoms with Crippen LogP contribution in [0.3, 0.4) is 0 Å². The van der Waals surface area contributed by atoms with Gasteiger partial charge in [-0.3, -0.25) is 9.59 Å². The Hall–Kier alpha value is -2.07. The molecule has 2 heterocycles. The zero-order chi connectivity index (χ0) is 14.1. The number of furan rings is 1. The summed E-state index contributed by atoms with van der Waals surface area (Å²) in [6.07, 6.45) is 2.09. The first-order chi connectivity index (χ1) is 9.69. The Morgan fingerprint density at radius 2 is 2.10 bits per heavy atom. The molecule has 1 aromatic carbocycles. The highest BCUT2D eigenvalue weighted by Crippen LogP contribution is 2.34. The molecular formula is C15H12ClNO3. The van der Waals surface area contributed by atoms with Gasteiger partial charge in [0, 0.05) is 24.2 Å². The highest BCUT2D eigenvalue weighted by molar-refractivity contribution is 6.33. The summed E-state index contributed by atoms with van der Waals surface area (Å²) in [5, 5.41) is 0.521. The van der Waals surface area contributed by atoms with Gasteiger partial charge in [0.2, 0.25) is 5.91 Å². The van der Waals surface area contributed by atoms with E-state index in [1.165, 1.54) is 0 Å². The van der Waals surface area contributed by atoms with Crippen molar-refractivity contribution >= 4 is 29.5 Å². The fourth-order valence-corrected chi connectivity index (χ4v) is 2.56. The van der Waals surface area contributed by atoms with E-state index in [0.29, 0.717) is 29.1 Å². The number of hydrogen-bond donors (Lipinski definition) is 0. The van der Waals surface area contributed by atoms with Gasteiger partial charge < -0.3 is 9.32 Å². The van der Waals surface area contributed by atoms with Crippen molar-refractivity contribution in [3.8, 4) is 11.3 Å². The van der Waals surface area contributed by atoms with E-state index in [9.17, 15) is 9.59 Å². The Morgan fingerprint density at radius 3 is 2.75 bits per heavy atom. The van der Waals surface area contributed by atoms with Crippen LogP contribution in [-0.4, -0.2) is 18.7 Å². The third kappa shape index (κ3) is 2.23. The number of hydrogen-bond acceptors (Lipinski definition) is 3. The summed E-state index contributed by atoms with van der Waals surface area (Å²) in [6.45, 7) is 0.720. The van der Waals surface area contributed by atoms with Crippen LogP contribution in [0.1, 0.15) is 23.4 Å². The van der Waals surface area contributed by atoms with Gasteiger partial charge in [-0.05, 0) is 36.8 Å². The molecule has 0 bridgehead atoms. The summed E-state index contributed by atoms with van der Waals surface area (Å²) in [5.74, 6) is 0.885. The second-order valence-electron chi connectivity index (χ2n) is 4.63. The summed E-state index contributed by atoms with van der Waals surface area (Å²) in [4.78, 5) is 24.2. The van der Waals surface area contributed by atoms with Gasteiger partial charge in [0.25, 0.3) is 0 Å². The summed E-state index contributed by atoms with van der Waals surface area (Å²) < 4.78 is 5.39. The minimum Gasteiger partial charge on any atom is -0.453 e. The molecule has 4 nitrogen and oxygen atoms in total. The summed E-state index contributed by atoms with van der Waals surface area (Å²) in [5.41, 5.74) is 1.48. The number of benzene rings is 1. The third-order valence-corrected chi connectivity index (χ3v) is 3.67. The van der Waals surface area contributed by atoms with Gasteiger partial charge in [-0.15, -0.1) is 0 Å². The van der Waals surface area contributed by atoms with Crippen LogP contribution in [0.15, 0.2) is 34.7 Å². The smallest absolute Gasteiger partial charge is 0.227 e. The maximum absolute atomic E-state index is 11.8. The van der Waals surface area contributed by atoms with E-state index >= 15 is 0 Å². The molecule has 0 saturated carbocycles. The zero-order valence-electron chi connectivity index (χ0n) is 10.6. The van der Waals surface area contributed by atoms with E-state index < -0.39 is 0 Å². The summed E-state index contributed by atoms with van der Waals surface area (Å²) in [6, 6.07) is 8.66. The average molecular weight is 290 g/mol. The number of aldehydes is 1. The van der Waals surface area contributed by atoms with Crippen LogP contribution < -0.4 is 4.90 Å². The van der Waals surface area contributed by atoms with Crippen LogP contribution in [0, 0.1) is 0 Å². The minimum atomic E-state index is 0.117. The summed E-state index contributed by atoms with van der Waals surface area (Å²) in [7, 11) is 0. The SMILES string of the molecule is O=Cc1ccc(-c2cc(N3CCCC3=O)ccc2Cl)o1. The lowest BCUT2D eigenvalue weighted by atomic mass is 10.1. The summed E-state index contributed by atoms with van der Waals surface area (Å²) >= 11 is 6.17. The topological polar surface area (TPSA) is 50.5 Å². The Bertz CT molecular complexity index is 678. The fraction of sp³-hybridized carbons (Fsp3) is 0.200. The Labute approximate surface area is 120 Å². The molecule has 0 unspecified atom stereocenters. The quantitative estimate of drug-likeness (QED) is 0.812. The molecular weight excluding hydrogens is 278 g/mol. The van der Waals surface area contributed by atoms with Crippen LogP contribution >= 0.6 is 11.6 Å². The molecule has 0 N–H and O–H groups in total. The van der Waals surface area contributed by atoms with E-state index in [2.05, 4.69) is 0 Å². The van der Waals surface area contributed by atoms with Gasteiger partial charge in [-0.2, -0.15) is 0 Å². The van der Waals surface area contributed by atoms with E-state index in [1.807, 2.05) is 12.1 Å². The number of carbonyl (C=O) groups is 2. The zero-order valence-corrected chi connectivity index (χ0v) is 11.4. The first-order valence-corrected chi connectivity index (χ1v) is 6.72. The van der Waals surface area contributed by atoms with Crippen LogP contribution in [0.2, 0.25) is 5.02 Å². The van der Waals surface area contributed by atoms with Crippen molar-refractivity contribution in [3.63, 3.8) is 0 Å². The molecule has 1 saturated heterocycles. The Kier molecular flexibility index (Phi) is 3.32. The van der Waals surface area contributed by atoms with Gasteiger partial charge >= 0.3 is 0 Å². The molecule has 1 amide bonds. The molecule has 5 heteroatoms. The van der Waals surface area contributed by atoms with Crippen molar-refractivity contribution in [2.45, 2.75) is 12.8 Å². The minimum absolute atomic E-state index is 0.117. The molecule has 20 heavy (non-hydrogen) atoms. The second kappa shape index (κ2) is 5.13. The maximum Gasteiger partial charge on any atom is 0.227 e. The van der Waals surface area contributed by atoms with E-state index in [4.69, 9.17) is 16.0 Å². The Morgan fingerprint density at radius 1 is 1.25 bits per heavy atom. The molecule has 1 aliphatic rings. The average Bonchev–Trinajstić information content (AvgIpc) is 3.08. The first-order valence-electron chi connectivity index (χ1n) is 6.34. The van der Waals surface area contributed by atoms with Crippen molar-refractivity contribution in [1.82, 2.24) is 0 Å². The molecule has 0 aliphatic carbocycles. The highest BCUT2D eigenvalue weighted by Gasteiger charge is 2.22. The molecule has 1 aromatic heterocycles. The molecule has 0 atom stereocenters.